The van der Waals surface area contributed by atoms with Crippen molar-refractivity contribution in [3.8, 4) is 6.07 Å². The molecule has 1 fully saturated rings. The van der Waals surface area contributed by atoms with Crippen LogP contribution in [0.3, 0.4) is 0 Å². The van der Waals surface area contributed by atoms with Crippen LogP contribution in [0.5, 0.6) is 0 Å². The predicted molar refractivity (Wildman–Crippen MR) is 97.5 cm³/mol. The van der Waals surface area contributed by atoms with Gasteiger partial charge in [-0.05, 0) is 34.7 Å². The van der Waals surface area contributed by atoms with Crippen molar-refractivity contribution in [3.63, 3.8) is 0 Å². The standard InChI is InChI=1S/C17H13F2IN4O2/c18-17(19)6-10(7-21)24(9-17)14(25)8-23-16(26)12-4-5-22-15-11(12)2-1-3-13(15)20/h1-5,10H,6,8-9H2,(H,23,26)/t10-/m0/s1. The number of hydrogen-bond acceptors (Lipinski definition) is 4. The molecule has 0 saturated carbocycles. The number of pyridine rings is 1. The fraction of sp³-hybridized carbons (Fsp3) is 0.294. The summed E-state index contributed by atoms with van der Waals surface area (Å²) in [5.74, 6) is -4.31. The summed E-state index contributed by atoms with van der Waals surface area (Å²) < 4.78 is 27.7. The highest BCUT2D eigenvalue weighted by atomic mass is 127. The Labute approximate surface area is 161 Å². The molecule has 1 N–H and O–H groups in total. The van der Waals surface area contributed by atoms with E-state index >= 15 is 0 Å². The van der Waals surface area contributed by atoms with Crippen molar-refractivity contribution in [3.05, 3.63) is 39.6 Å². The zero-order valence-electron chi connectivity index (χ0n) is 13.4. The van der Waals surface area contributed by atoms with Crippen LogP contribution < -0.4 is 5.32 Å². The van der Waals surface area contributed by atoms with Gasteiger partial charge in [0.25, 0.3) is 11.8 Å². The number of rotatable bonds is 3. The third-order valence-corrected chi connectivity index (χ3v) is 4.98. The molecule has 1 saturated heterocycles. The highest BCUT2D eigenvalue weighted by Crippen LogP contribution is 2.31. The van der Waals surface area contributed by atoms with E-state index in [0.717, 1.165) is 8.47 Å². The van der Waals surface area contributed by atoms with Gasteiger partial charge in [-0.25, -0.2) is 8.78 Å². The summed E-state index contributed by atoms with van der Waals surface area (Å²) in [6.45, 7) is -1.27. The first kappa shape index (κ1) is 18.4. The SMILES string of the molecule is N#C[C@@H]1CC(F)(F)CN1C(=O)CNC(=O)c1ccnc2c(I)cccc12. The van der Waals surface area contributed by atoms with E-state index < -0.39 is 43.3 Å². The van der Waals surface area contributed by atoms with Gasteiger partial charge in [-0.2, -0.15) is 5.26 Å². The molecule has 6 nitrogen and oxygen atoms in total. The number of benzene rings is 1. The van der Waals surface area contributed by atoms with Crippen LogP contribution in [0, 0.1) is 14.9 Å². The van der Waals surface area contributed by atoms with E-state index in [1.54, 1.807) is 18.2 Å². The monoisotopic (exact) mass is 470 g/mol. The number of carbonyl (C=O) groups excluding carboxylic acids is 2. The number of hydrogen-bond donors (Lipinski definition) is 1. The third-order valence-electron chi connectivity index (χ3n) is 4.11. The van der Waals surface area contributed by atoms with Crippen LogP contribution in [0.2, 0.25) is 0 Å². The molecule has 0 aliphatic carbocycles. The summed E-state index contributed by atoms with van der Waals surface area (Å²) in [5, 5.41) is 12.0. The van der Waals surface area contributed by atoms with Crippen molar-refractivity contribution in [2.45, 2.75) is 18.4 Å². The summed E-state index contributed by atoms with van der Waals surface area (Å²) in [6.07, 6.45) is 0.810. The van der Waals surface area contributed by atoms with Gasteiger partial charge in [0, 0.05) is 21.6 Å². The molecule has 1 aromatic carbocycles. The van der Waals surface area contributed by atoms with Gasteiger partial charge < -0.3 is 10.2 Å². The zero-order valence-corrected chi connectivity index (χ0v) is 15.5. The number of halogens is 3. The Hall–Kier alpha value is -2.35. The van der Waals surface area contributed by atoms with Crippen molar-refractivity contribution < 1.29 is 18.4 Å². The van der Waals surface area contributed by atoms with Gasteiger partial charge in [0.2, 0.25) is 5.91 Å². The lowest BCUT2D eigenvalue weighted by Crippen LogP contribution is -2.43. The zero-order chi connectivity index (χ0) is 18.9. The van der Waals surface area contributed by atoms with Crippen molar-refractivity contribution in [1.29, 1.82) is 5.26 Å². The minimum Gasteiger partial charge on any atom is -0.343 e. The van der Waals surface area contributed by atoms with Crippen LogP contribution in [0.25, 0.3) is 10.9 Å². The molecule has 0 unspecified atom stereocenters. The number of nitriles is 1. The largest absolute Gasteiger partial charge is 0.343 e. The molecule has 2 amide bonds. The van der Waals surface area contributed by atoms with E-state index in [4.69, 9.17) is 5.26 Å². The van der Waals surface area contributed by atoms with Crippen LogP contribution in [0.1, 0.15) is 16.8 Å². The molecule has 26 heavy (non-hydrogen) atoms. The number of para-hydroxylation sites is 1. The molecule has 2 heterocycles. The Balaban J connectivity index is 1.73. The molecule has 1 aliphatic rings. The van der Waals surface area contributed by atoms with Crippen LogP contribution in [0.4, 0.5) is 8.78 Å². The topological polar surface area (TPSA) is 86.1 Å². The van der Waals surface area contributed by atoms with Crippen molar-refractivity contribution in [1.82, 2.24) is 15.2 Å². The van der Waals surface area contributed by atoms with Crippen LogP contribution in [-0.4, -0.2) is 46.8 Å². The summed E-state index contributed by atoms with van der Waals surface area (Å²) in [4.78, 5) is 29.7. The second-order valence-corrected chi connectivity index (χ2v) is 7.07. The van der Waals surface area contributed by atoms with Gasteiger partial charge in [-0.15, -0.1) is 0 Å². The van der Waals surface area contributed by atoms with Crippen LogP contribution >= 0.6 is 22.6 Å². The lowest BCUT2D eigenvalue weighted by molar-refractivity contribution is -0.131. The first-order valence-corrected chi connectivity index (χ1v) is 8.78. The molecule has 1 aliphatic heterocycles. The molecule has 0 radical (unpaired) electrons. The van der Waals surface area contributed by atoms with Gasteiger partial charge in [0.05, 0.1) is 30.2 Å². The second kappa shape index (κ2) is 7.11. The lowest BCUT2D eigenvalue weighted by atomic mass is 10.1. The van der Waals surface area contributed by atoms with Crippen molar-refractivity contribution >= 4 is 45.3 Å². The lowest BCUT2D eigenvalue weighted by Gasteiger charge is -2.19. The van der Waals surface area contributed by atoms with Gasteiger partial charge in [-0.3, -0.25) is 14.6 Å². The van der Waals surface area contributed by atoms with E-state index in [9.17, 15) is 18.4 Å². The summed E-state index contributed by atoms with van der Waals surface area (Å²) in [5.41, 5.74) is 1.00. The molecule has 134 valence electrons. The fourth-order valence-electron chi connectivity index (χ4n) is 2.89. The maximum Gasteiger partial charge on any atom is 0.268 e. The number of nitrogens with zero attached hydrogens (tertiary/aromatic N) is 3. The molecule has 0 spiro atoms. The highest BCUT2D eigenvalue weighted by Gasteiger charge is 2.47. The fourth-order valence-corrected chi connectivity index (χ4v) is 3.52. The van der Waals surface area contributed by atoms with Crippen LogP contribution in [0.15, 0.2) is 30.5 Å². The molecule has 3 rings (SSSR count). The van der Waals surface area contributed by atoms with Gasteiger partial charge in [0.15, 0.2) is 0 Å². The summed E-state index contributed by atoms with van der Waals surface area (Å²) >= 11 is 2.11. The van der Waals surface area contributed by atoms with Gasteiger partial charge in [0.1, 0.15) is 6.04 Å². The smallest absolute Gasteiger partial charge is 0.268 e. The number of fused-ring (bicyclic) bond motifs is 1. The second-order valence-electron chi connectivity index (χ2n) is 5.90. The number of aromatic nitrogens is 1. The highest BCUT2D eigenvalue weighted by molar-refractivity contribution is 14.1. The number of carbonyl (C=O) groups is 2. The molecule has 1 aromatic heterocycles. The Morgan fingerprint density at radius 1 is 1.42 bits per heavy atom. The normalized spacial score (nSPS) is 18.5. The average molecular weight is 470 g/mol. The quantitative estimate of drug-likeness (QED) is 0.699. The maximum atomic E-state index is 13.4. The Morgan fingerprint density at radius 2 is 2.19 bits per heavy atom. The molecule has 2 aromatic rings. The Kier molecular flexibility index (Phi) is 5.04. The predicted octanol–water partition coefficient (Wildman–Crippen LogP) is 2.33. The van der Waals surface area contributed by atoms with Gasteiger partial charge >= 0.3 is 0 Å². The summed E-state index contributed by atoms with van der Waals surface area (Å²) in [7, 11) is 0. The maximum absolute atomic E-state index is 13.4. The molecular formula is C17H13F2IN4O2. The Bertz CT molecular complexity index is 929. The first-order valence-electron chi connectivity index (χ1n) is 7.71. The number of nitrogens with one attached hydrogen (secondary N) is 1. The van der Waals surface area contributed by atoms with E-state index in [1.807, 2.05) is 6.07 Å². The molecule has 0 bridgehead atoms. The Morgan fingerprint density at radius 3 is 2.92 bits per heavy atom. The first-order chi connectivity index (χ1) is 12.3. The molecular weight excluding hydrogens is 457 g/mol. The van der Waals surface area contributed by atoms with E-state index in [-0.39, 0.29) is 0 Å². The van der Waals surface area contributed by atoms with E-state index in [2.05, 4.69) is 32.9 Å². The van der Waals surface area contributed by atoms with Crippen LogP contribution in [-0.2, 0) is 4.79 Å². The third kappa shape index (κ3) is 3.60. The van der Waals surface area contributed by atoms with E-state index in [1.165, 1.54) is 12.3 Å². The van der Waals surface area contributed by atoms with Crippen molar-refractivity contribution in [2.24, 2.45) is 0 Å². The molecule has 9 heteroatoms. The minimum absolute atomic E-state index is 0.338. The number of amides is 2. The van der Waals surface area contributed by atoms with Gasteiger partial charge in [-0.1, -0.05) is 12.1 Å². The average Bonchev–Trinajstić information content (AvgIpc) is 2.94. The number of likely N-dealkylation sites (tertiary alicyclic amines) is 1. The summed E-state index contributed by atoms with van der Waals surface area (Å²) in [6, 6.07) is 7.44. The number of alkyl halides is 2. The molecule has 1 atom stereocenters. The van der Waals surface area contributed by atoms with Crippen molar-refractivity contribution in [2.75, 3.05) is 13.1 Å². The van der Waals surface area contributed by atoms with E-state index in [0.29, 0.717) is 16.5 Å². The minimum atomic E-state index is -3.09.